The van der Waals surface area contributed by atoms with Crippen molar-refractivity contribution in [2.75, 3.05) is 27.9 Å². The number of fused-ring (bicyclic) bond motifs is 1. The van der Waals surface area contributed by atoms with E-state index in [1.807, 2.05) is 0 Å². The molecule has 0 radical (unpaired) electrons. The van der Waals surface area contributed by atoms with E-state index in [4.69, 9.17) is 28.1 Å². The summed E-state index contributed by atoms with van der Waals surface area (Å²) >= 11 is 0. The average Bonchev–Trinajstić information content (AvgIpc) is 2.88. The summed E-state index contributed by atoms with van der Waals surface area (Å²) in [6.07, 6.45) is -4.60. The zero-order valence-corrected chi connectivity index (χ0v) is 19.4. The number of phenolic OH excluding ortho intramolecular Hbond substituents is 1. The predicted octanol–water partition coefficient (Wildman–Crippen LogP) is 1.41. The minimum Gasteiger partial charge on any atom is -0.504 e. The molecular weight excluding hydrogens is 480 g/mol. The molecule has 192 valence electrons. The van der Waals surface area contributed by atoms with E-state index in [1.54, 1.807) is 0 Å². The second kappa shape index (κ2) is 9.85. The molecule has 12 nitrogen and oxygen atoms in total. The number of rotatable bonds is 7. The van der Waals surface area contributed by atoms with Crippen LogP contribution in [0.1, 0.15) is 0 Å². The Morgan fingerprint density at radius 3 is 2.33 bits per heavy atom. The van der Waals surface area contributed by atoms with Crippen molar-refractivity contribution in [1.29, 1.82) is 0 Å². The van der Waals surface area contributed by atoms with E-state index < -0.39 is 42.1 Å². The Balaban J connectivity index is 1.88. The van der Waals surface area contributed by atoms with Gasteiger partial charge < -0.3 is 53.6 Å². The van der Waals surface area contributed by atoms with Crippen molar-refractivity contribution in [3.8, 4) is 40.1 Å². The summed E-state index contributed by atoms with van der Waals surface area (Å²) in [6.45, 7) is -0.659. The van der Waals surface area contributed by atoms with Gasteiger partial charge in [-0.2, -0.15) is 0 Å². The highest BCUT2D eigenvalue weighted by Crippen LogP contribution is 2.39. The minimum absolute atomic E-state index is 0.00684. The lowest BCUT2D eigenvalue weighted by molar-refractivity contribution is -0.133. The molecule has 36 heavy (non-hydrogen) atoms. The first-order valence-electron chi connectivity index (χ1n) is 10.6. The monoisotopic (exact) mass is 504 g/mol. The number of methoxy groups -OCH3 is 3. The molecule has 0 saturated carbocycles. The number of hydrogen-bond acceptors (Lipinski definition) is 12. The maximum atomic E-state index is 13.3. The molecule has 3 aromatic rings. The molecule has 0 fully saturated rings. The number of aliphatic hydroxyl groups is 4. The standard InChI is InChI=1S/C24H24O12/c1-31-13-6-10(4-5-12(13)26)22-23(33-3)19(28)17-14(32-2)7-11(8-15(17)35-22)34-24-21(30)20(29)18(27)16(9-25)36-24/h4-8,16,18,20,25-27,29-30H,9H2,1-3H3/t16?,18-,20?/m1/s1. The maximum absolute atomic E-state index is 13.3. The largest absolute Gasteiger partial charge is 0.504 e. The molecule has 1 aliphatic heterocycles. The van der Waals surface area contributed by atoms with Gasteiger partial charge in [0.15, 0.2) is 23.4 Å². The third-order valence-corrected chi connectivity index (χ3v) is 5.60. The molecule has 0 saturated heterocycles. The fourth-order valence-electron chi connectivity index (χ4n) is 3.74. The van der Waals surface area contributed by atoms with E-state index in [2.05, 4.69) is 0 Å². The predicted molar refractivity (Wildman–Crippen MR) is 123 cm³/mol. The van der Waals surface area contributed by atoms with Crippen LogP contribution >= 0.6 is 0 Å². The Morgan fingerprint density at radius 1 is 0.972 bits per heavy atom. The zero-order chi connectivity index (χ0) is 26.1. The molecule has 2 aromatic carbocycles. The third kappa shape index (κ3) is 4.21. The van der Waals surface area contributed by atoms with Crippen LogP contribution in [0.2, 0.25) is 0 Å². The molecule has 0 amide bonds. The highest BCUT2D eigenvalue weighted by Gasteiger charge is 2.39. The Morgan fingerprint density at radius 2 is 1.69 bits per heavy atom. The lowest BCUT2D eigenvalue weighted by Crippen LogP contribution is -2.47. The summed E-state index contributed by atoms with van der Waals surface area (Å²) in [5, 5.41) is 49.4. The van der Waals surface area contributed by atoms with Crippen LogP contribution in [0, 0.1) is 0 Å². The number of aromatic hydroxyl groups is 1. The molecule has 3 atom stereocenters. The van der Waals surface area contributed by atoms with Gasteiger partial charge in [0.1, 0.15) is 34.7 Å². The summed E-state index contributed by atoms with van der Waals surface area (Å²) in [5.41, 5.74) is -0.184. The second-order valence-corrected chi connectivity index (χ2v) is 7.73. The van der Waals surface area contributed by atoms with Gasteiger partial charge in [0.2, 0.25) is 16.9 Å². The molecule has 2 unspecified atom stereocenters. The van der Waals surface area contributed by atoms with Crippen molar-refractivity contribution < 1.29 is 53.6 Å². The van der Waals surface area contributed by atoms with Crippen molar-refractivity contribution in [2.24, 2.45) is 0 Å². The average molecular weight is 504 g/mol. The van der Waals surface area contributed by atoms with Crippen molar-refractivity contribution in [1.82, 2.24) is 0 Å². The third-order valence-electron chi connectivity index (χ3n) is 5.60. The van der Waals surface area contributed by atoms with Crippen LogP contribution in [-0.4, -0.2) is 71.8 Å². The molecule has 0 bridgehead atoms. The van der Waals surface area contributed by atoms with Crippen molar-refractivity contribution >= 4 is 11.0 Å². The Kier molecular flexibility index (Phi) is 6.84. The van der Waals surface area contributed by atoms with Gasteiger partial charge >= 0.3 is 5.95 Å². The maximum Gasteiger partial charge on any atom is 0.327 e. The van der Waals surface area contributed by atoms with Gasteiger partial charge in [-0.05, 0) is 18.2 Å². The lowest BCUT2D eigenvalue weighted by Gasteiger charge is -2.31. The number of phenols is 1. The van der Waals surface area contributed by atoms with Crippen LogP contribution in [0.25, 0.3) is 22.3 Å². The van der Waals surface area contributed by atoms with Crippen LogP contribution in [0.15, 0.2) is 51.2 Å². The van der Waals surface area contributed by atoms with Crippen LogP contribution in [0.5, 0.6) is 28.7 Å². The smallest absolute Gasteiger partial charge is 0.327 e. The molecule has 12 heteroatoms. The molecule has 5 N–H and O–H groups in total. The highest BCUT2D eigenvalue weighted by molar-refractivity contribution is 5.88. The van der Waals surface area contributed by atoms with Gasteiger partial charge in [-0.1, -0.05) is 0 Å². The van der Waals surface area contributed by atoms with E-state index in [-0.39, 0.29) is 45.5 Å². The second-order valence-electron chi connectivity index (χ2n) is 7.73. The van der Waals surface area contributed by atoms with Crippen molar-refractivity contribution in [2.45, 2.75) is 18.3 Å². The normalized spacial score (nSPS) is 19.7. The Hall–Kier alpha value is -4.13. The van der Waals surface area contributed by atoms with E-state index in [1.165, 1.54) is 51.7 Å². The van der Waals surface area contributed by atoms with Gasteiger partial charge in [0, 0.05) is 17.7 Å². The zero-order valence-electron chi connectivity index (χ0n) is 19.4. The first-order chi connectivity index (χ1) is 17.2. The molecule has 1 aliphatic rings. The van der Waals surface area contributed by atoms with Gasteiger partial charge in [0.05, 0.1) is 27.9 Å². The van der Waals surface area contributed by atoms with E-state index in [0.29, 0.717) is 5.56 Å². The number of benzene rings is 2. The quantitative estimate of drug-likeness (QED) is 0.313. The highest BCUT2D eigenvalue weighted by atomic mass is 16.7. The van der Waals surface area contributed by atoms with Crippen molar-refractivity contribution in [3.05, 3.63) is 52.3 Å². The molecule has 0 aliphatic carbocycles. The fourth-order valence-corrected chi connectivity index (χ4v) is 3.74. The molecular formula is C24H24O12. The fraction of sp³-hybridized carbons (Fsp3) is 0.292. The number of ether oxygens (including phenoxy) is 5. The topological polar surface area (TPSA) is 178 Å². The number of hydrogen-bond donors (Lipinski definition) is 5. The van der Waals surface area contributed by atoms with E-state index in [0.717, 1.165) is 0 Å². The summed E-state index contributed by atoms with van der Waals surface area (Å²) in [6, 6.07) is 6.96. The van der Waals surface area contributed by atoms with E-state index >= 15 is 0 Å². The van der Waals surface area contributed by atoms with Gasteiger partial charge in [-0.25, -0.2) is 0 Å². The van der Waals surface area contributed by atoms with Gasteiger partial charge in [-0.15, -0.1) is 0 Å². The Bertz CT molecular complexity index is 1380. The van der Waals surface area contributed by atoms with Crippen LogP contribution in [0.4, 0.5) is 0 Å². The van der Waals surface area contributed by atoms with Gasteiger partial charge in [0.25, 0.3) is 0 Å². The van der Waals surface area contributed by atoms with Crippen LogP contribution < -0.4 is 24.4 Å². The first kappa shape index (κ1) is 25.0. The number of aliphatic hydroxyl groups excluding tert-OH is 4. The first-order valence-corrected chi connectivity index (χ1v) is 10.6. The lowest BCUT2D eigenvalue weighted by atomic mass is 10.0. The Labute approximate surface area is 203 Å². The van der Waals surface area contributed by atoms with Gasteiger partial charge in [-0.3, -0.25) is 4.79 Å². The molecule has 0 spiro atoms. The minimum atomic E-state index is -1.76. The summed E-state index contributed by atoms with van der Waals surface area (Å²) < 4.78 is 32.6. The molecule has 1 aromatic heterocycles. The van der Waals surface area contributed by atoms with E-state index in [9.17, 15) is 30.3 Å². The molecule has 4 rings (SSSR count). The summed E-state index contributed by atoms with van der Waals surface area (Å²) in [5.74, 6) is -1.41. The van der Waals surface area contributed by atoms with Crippen molar-refractivity contribution in [3.63, 3.8) is 0 Å². The summed E-state index contributed by atoms with van der Waals surface area (Å²) in [4.78, 5) is 13.3. The SMILES string of the molecule is COc1cc(-c2oc3cc(OC4=C(O)C(O)[C@H](O)C(CO)O4)cc(OC)c3c(=O)c2OC)ccc1O. The van der Waals surface area contributed by atoms with Crippen LogP contribution in [-0.2, 0) is 4.74 Å². The van der Waals surface area contributed by atoms with Crippen LogP contribution in [0.3, 0.4) is 0 Å². The summed E-state index contributed by atoms with van der Waals surface area (Å²) in [7, 11) is 3.99. The molecule has 2 heterocycles.